The van der Waals surface area contributed by atoms with Crippen LogP contribution >= 0.6 is 0 Å². The fourth-order valence-corrected chi connectivity index (χ4v) is 2.14. The third-order valence-corrected chi connectivity index (χ3v) is 3.34. The molecule has 1 aliphatic heterocycles. The van der Waals surface area contributed by atoms with Crippen molar-refractivity contribution >= 4 is 5.91 Å². The van der Waals surface area contributed by atoms with E-state index in [-0.39, 0.29) is 12.5 Å². The lowest BCUT2D eigenvalue weighted by Crippen LogP contribution is -2.54. The molecule has 0 saturated carbocycles. The second-order valence-electron chi connectivity index (χ2n) is 4.60. The third-order valence-electron chi connectivity index (χ3n) is 3.34. The van der Waals surface area contributed by atoms with Crippen LogP contribution in [0.25, 0.3) is 0 Å². The van der Waals surface area contributed by atoms with Crippen molar-refractivity contribution in [1.82, 2.24) is 10.6 Å². The van der Waals surface area contributed by atoms with Crippen molar-refractivity contribution in [2.45, 2.75) is 31.0 Å². The number of aliphatic hydroxyl groups excluding tert-OH is 1. The molecule has 1 atom stereocenters. The van der Waals surface area contributed by atoms with Gasteiger partial charge < -0.3 is 25.2 Å². The minimum Gasteiger partial charge on any atom is -0.391 e. The zero-order valence-electron chi connectivity index (χ0n) is 11.2. The fourth-order valence-electron chi connectivity index (χ4n) is 2.14. The summed E-state index contributed by atoms with van der Waals surface area (Å²) in [4.78, 5) is 12.1. The molecule has 106 valence electrons. The lowest BCUT2D eigenvalue weighted by atomic mass is 9.91. The van der Waals surface area contributed by atoms with E-state index >= 15 is 0 Å². The maximum atomic E-state index is 12.1. The van der Waals surface area contributed by atoms with Crippen molar-refractivity contribution in [2.75, 3.05) is 40.5 Å². The predicted molar refractivity (Wildman–Crippen MR) is 67.4 cm³/mol. The first-order chi connectivity index (χ1) is 8.64. The van der Waals surface area contributed by atoms with E-state index in [1.165, 1.54) is 7.11 Å². The molecule has 0 aromatic heterocycles. The molecule has 6 heteroatoms. The Labute approximate surface area is 108 Å². The van der Waals surface area contributed by atoms with Gasteiger partial charge in [-0.05, 0) is 32.4 Å². The largest absolute Gasteiger partial charge is 0.391 e. The number of rotatable bonds is 7. The van der Waals surface area contributed by atoms with Gasteiger partial charge in [0.05, 0.1) is 12.7 Å². The van der Waals surface area contributed by atoms with Crippen molar-refractivity contribution in [3.63, 3.8) is 0 Å². The Morgan fingerprint density at radius 1 is 1.44 bits per heavy atom. The molecule has 1 saturated heterocycles. The van der Waals surface area contributed by atoms with Gasteiger partial charge in [0.2, 0.25) is 0 Å². The van der Waals surface area contributed by atoms with Gasteiger partial charge in [0, 0.05) is 20.8 Å². The number of carbonyl (C=O) groups excluding carboxylic acids is 1. The highest BCUT2D eigenvalue weighted by Gasteiger charge is 2.39. The van der Waals surface area contributed by atoms with Crippen molar-refractivity contribution in [2.24, 2.45) is 0 Å². The van der Waals surface area contributed by atoms with Crippen LogP contribution in [0.1, 0.15) is 19.3 Å². The molecule has 0 bridgehead atoms. The van der Waals surface area contributed by atoms with Crippen LogP contribution < -0.4 is 10.6 Å². The van der Waals surface area contributed by atoms with E-state index in [1.54, 1.807) is 7.11 Å². The molecule has 0 aliphatic carbocycles. The Hall–Kier alpha value is -0.690. The van der Waals surface area contributed by atoms with Crippen LogP contribution in [-0.2, 0) is 14.3 Å². The molecule has 6 nitrogen and oxygen atoms in total. The Bertz CT molecular complexity index is 254. The van der Waals surface area contributed by atoms with Gasteiger partial charge in [-0.2, -0.15) is 0 Å². The van der Waals surface area contributed by atoms with Gasteiger partial charge in [0.1, 0.15) is 5.60 Å². The Morgan fingerprint density at radius 3 is 2.67 bits per heavy atom. The monoisotopic (exact) mass is 260 g/mol. The van der Waals surface area contributed by atoms with E-state index in [0.29, 0.717) is 25.8 Å². The summed E-state index contributed by atoms with van der Waals surface area (Å²) in [6.45, 7) is 2.29. The highest BCUT2D eigenvalue weighted by atomic mass is 16.5. The smallest absolute Gasteiger partial charge is 0.252 e. The summed E-state index contributed by atoms with van der Waals surface area (Å²) < 4.78 is 10.2. The number of carbonyl (C=O) groups is 1. The summed E-state index contributed by atoms with van der Waals surface area (Å²) in [5, 5.41) is 15.5. The third kappa shape index (κ3) is 4.20. The van der Waals surface area contributed by atoms with E-state index in [0.717, 1.165) is 13.1 Å². The molecule has 0 radical (unpaired) electrons. The van der Waals surface area contributed by atoms with Crippen LogP contribution in [0.15, 0.2) is 0 Å². The van der Waals surface area contributed by atoms with Gasteiger partial charge in [-0.25, -0.2) is 0 Å². The first-order valence-corrected chi connectivity index (χ1v) is 6.36. The maximum absolute atomic E-state index is 12.1. The quantitative estimate of drug-likeness (QED) is 0.562. The molecule has 1 unspecified atom stereocenters. The van der Waals surface area contributed by atoms with Crippen LogP contribution in [0.4, 0.5) is 0 Å². The van der Waals surface area contributed by atoms with Crippen molar-refractivity contribution in [3.05, 3.63) is 0 Å². The predicted octanol–water partition coefficient (Wildman–Crippen LogP) is -0.731. The zero-order chi connectivity index (χ0) is 13.4. The van der Waals surface area contributed by atoms with Gasteiger partial charge in [-0.3, -0.25) is 4.79 Å². The SMILES string of the molecule is COCC(O)CCNC(=O)C1(OC)CCNCC1. The average Bonchev–Trinajstić information content (AvgIpc) is 2.39. The first-order valence-electron chi connectivity index (χ1n) is 6.36. The second kappa shape index (κ2) is 7.68. The summed E-state index contributed by atoms with van der Waals surface area (Å²) >= 11 is 0. The minimum absolute atomic E-state index is 0.0869. The summed E-state index contributed by atoms with van der Waals surface area (Å²) in [6.07, 6.45) is 1.30. The molecule has 1 amide bonds. The van der Waals surface area contributed by atoms with Gasteiger partial charge >= 0.3 is 0 Å². The van der Waals surface area contributed by atoms with Crippen molar-refractivity contribution < 1.29 is 19.4 Å². The van der Waals surface area contributed by atoms with E-state index in [4.69, 9.17) is 9.47 Å². The Morgan fingerprint density at radius 2 is 2.11 bits per heavy atom. The summed E-state index contributed by atoms with van der Waals surface area (Å²) in [6, 6.07) is 0. The van der Waals surface area contributed by atoms with Crippen LogP contribution in [0.5, 0.6) is 0 Å². The number of hydrogen-bond donors (Lipinski definition) is 3. The summed E-state index contributed by atoms with van der Waals surface area (Å²) in [7, 11) is 3.11. The molecule has 0 aromatic carbocycles. The van der Waals surface area contributed by atoms with E-state index in [1.807, 2.05) is 0 Å². The molecule has 1 aliphatic rings. The van der Waals surface area contributed by atoms with Crippen LogP contribution in [0.3, 0.4) is 0 Å². The number of aliphatic hydroxyl groups is 1. The Balaban J connectivity index is 2.34. The van der Waals surface area contributed by atoms with Gasteiger partial charge in [0.25, 0.3) is 5.91 Å². The van der Waals surface area contributed by atoms with Crippen LogP contribution in [0, 0.1) is 0 Å². The van der Waals surface area contributed by atoms with E-state index < -0.39 is 11.7 Å². The standard InChI is InChI=1S/C12H24N2O4/c1-17-9-10(15)3-6-14-11(16)12(18-2)4-7-13-8-5-12/h10,13,15H,3-9H2,1-2H3,(H,14,16). The number of piperidine rings is 1. The number of nitrogens with one attached hydrogen (secondary N) is 2. The number of ether oxygens (including phenoxy) is 2. The topological polar surface area (TPSA) is 79.8 Å². The molecule has 0 aromatic rings. The van der Waals surface area contributed by atoms with Crippen molar-refractivity contribution in [1.29, 1.82) is 0 Å². The van der Waals surface area contributed by atoms with Crippen LogP contribution in [0.2, 0.25) is 0 Å². The molecule has 18 heavy (non-hydrogen) atoms. The lowest BCUT2D eigenvalue weighted by molar-refractivity contribution is -0.146. The summed E-state index contributed by atoms with van der Waals surface area (Å²) in [5.41, 5.74) is -0.711. The Kier molecular flexibility index (Phi) is 6.56. The minimum atomic E-state index is -0.711. The second-order valence-corrected chi connectivity index (χ2v) is 4.60. The number of amides is 1. The number of methoxy groups -OCH3 is 2. The molecule has 3 N–H and O–H groups in total. The molecular formula is C12H24N2O4. The van der Waals surface area contributed by atoms with Gasteiger partial charge in [0.15, 0.2) is 0 Å². The highest BCUT2D eigenvalue weighted by Crippen LogP contribution is 2.22. The normalized spacial score (nSPS) is 20.4. The van der Waals surface area contributed by atoms with Crippen LogP contribution in [-0.4, -0.2) is 63.2 Å². The highest BCUT2D eigenvalue weighted by molar-refractivity contribution is 5.85. The van der Waals surface area contributed by atoms with E-state index in [9.17, 15) is 9.90 Å². The average molecular weight is 260 g/mol. The molecule has 0 spiro atoms. The van der Waals surface area contributed by atoms with Crippen molar-refractivity contribution in [3.8, 4) is 0 Å². The molecule has 1 rings (SSSR count). The maximum Gasteiger partial charge on any atom is 0.252 e. The summed E-state index contributed by atoms with van der Waals surface area (Å²) in [5.74, 6) is -0.0869. The molecular weight excluding hydrogens is 236 g/mol. The molecule has 1 heterocycles. The van der Waals surface area contributed by atoms with Gasteiger partial charge in [-0.1, -0.05) is 0 Å². The van der Waals surface area contributed by atoms with E-state index in [2.05, 4.69) is 10.6 Å². The van der Waals surface area contributed by atoms with Gasteiger partial charge in [-0.15, -0.1) is 0 Å². The lowest BCUT2D eigenvalue weighted by Gasteiger charge is -2.34. The number of hydrogen-bond acceptors (Lipinski definition) is 5. The molecule has 1 fully saturated rings. The first kappa shape index (κ1) is 15.4. The zero-order valence-corrected chi connectivity index (χ0v) is 11.2. The fraction of sp³-hybridized carbons (Fsp3) is 0.917.